The smallest absolute Gasteiger partial charge is 0.394 e. The van der Waals surface area contributed by atoms with E-state index in [4.69, 9.17) is 5.11 Å². The number of nitrogens with one attached hydrogen (secondary N) is 1. The summed E-state index contributed by atoms with van der Waals surface area (Å²) in [4.78, 5) is 41.6. The van der Waals surface area contributed by atoms with Crippen molar-refractivity contribution in [2.75, 3.05) is 13.1 Å². The van der Waals surface area contributed by atoms with Crippen molar-refractivity contribution < 1.29 is 19.5 Å². The lowest BCUT2D eigenvalue weighted by molar-refractivity contribution is -0.158. The molecule has 0 unspecified atom stereocenters. The number of carbonyl (C=O) groups excluding carboxylic acids is 2. The summed E-state index contributed by atoms with van der Waals surface area (Å²) in [5.41, 5.74) is 1.38. The van der Waals surface area contributed by atoms with Crippen molar-refractivity contribution in [3.05, 3.63) is 36.0 Å². The van der Waals surface area contributed by atoms with Gasteiger partial charge >= 0.3 is 11.9 Å². The predicted octanol–water partition coefficient (Wildman–Crippen LogP) is 1.31. The highest BCUT2D eigenvalue weighted by molar-refractivity contribution is 6.31. The Kier molecular flexibility index (Phi) is 4.01. The summed E-state index contributed by atoms with van der Waals surface area (Å²) in [5, 5.41) is 9.85. The van der Waals surface area contributed by atoms with Gasteiger partial charge < -0.3 is 19.9 Å². The van der Waals surface area contributed by atoms with Crippen LogP contribution in [0.25, 0.3) is 10.9 Å². The Morgan fingerprint density at radius 2 is 1.71 bits per heavy atom. The van der Waals surface area contributed by atoms with Crippen LogP contribution in [0.3, 0.4) is 0 Å². The fourth-order valence-corrected chi connectivity index (χ4v) is 3.16. The van der Waals surface area contributed by atoms with E-state index in [-0.39, 0.29) is 24.5 Å². The Hall–Kier alpha value is -2.83. The average molecular weight is 329 g/mol. The second-order valence-corrected chi connectivity index (χ2v) is 6.19. The Balaban J connectivity index is 1.81. The number of para-hydroxylation sites is 1. The largest absolute Gasteiger partial charge is 0.474 e. The SMILES string of the molecule is C[C@@H]1CN(C(=O)C(=O)O)[C@@H](C)CN1C(=O)c1cc2ccccc2[nH]1. The van der Waals surface area contributed by atoms with Gasteiger partial charge in [-0.1, -0.05) is 18.2 Å². The summed E-state index contributed by atoms with van der Waals surface area (Å²) in [6.07, 6.45) is 0. The third kappa shape index (κ3) is 2.73. The van der Waals surface area contributed by atoms with Crippen molar-refractivity contribution in [1.82, 2.24) is 14.8 Å². The molecule has 126 valence electrons. The van der Waals surface area contributed by atoms with E-state index in [1.807, 2.05) is 37.3 Å². The molecule has 3 rings (SSSR count). The number of aromatic nitrogens is 1. The number of H-pyrrole nitrogens is 1. The molecule has 24 heavy (non-hydrogen) atoms. The molecule has 7 nitrogen and oxygen atoms in total. The molecule has 1 aromatic carbocycles. The zero-order chi connectivity index (χ0) is 17.4. The number of carboxylic acid groups (broad SMARTS) is 1. The normalized spacial score (nSPS) is 21.1. The number of hydrogen-bond donors (Lipinski definition) is 2. The summed E-state index contributed by atoms with van der Waals surface area (Å²) in [7, 11) is 0. The van der Waals surface area contributed by atoms with E-state index in [1.54, 1.807) is 11.8 Å². The highest BCUT2D eigenvalue weighted by atomic mass is 16.4. The van der Waals surface area contributed by atoms with Crippen LogP contribution in [-0.2, 0) is 9.59 Å². The lowest BCUT2D eigenvalue weighted by atomic mass is 10.1. The van der Waals surface area contributed by atoms with Crippen LogP contribution in [0.1, 0.15) is 24.3 Å². The van der Waals surface area contributed by atoms with Crippen LogP contribution < -0.4 is 0 Å². The van der Waals surface area contributed by atoms with Crippen molar-refractivity contribution in [1.29, 1.82) is 0 Å². The van der Waals surface area contributed by atoms with Gasteiger partial charge in [-0.05, 0) is 26.0 Å². The number of aliphatic carboxylic acids is 1. The lowest BCUT2D eigenvalue weighted by Gasteiger charge is -2.43. The molecule has 2 aromatic rings. The predicted molar refractivity (Wildman–Crippen MR) is 87.6 cm³/mol. The number of nitrogens with zero attached hydrogens (tertiary/aromatic N) is 2. The van der Waals surface area contributed by atoms with E-state index in [2.05, 4.69) is 4.98 Å². The average Bonchev–Trinajstić information content (AvgIpc) is 2.99. The third-order valence-corrected chi connectivity index (χ3v) is 4.45. The number of aromatic amines is 1. The highest BCUT2D eigenvalue weighted by Crippen LogP contribution is 2.21. The molecule has 2 atom stereocenters. The molecule has 1 aliphatic rings. The molecule has 0 aliphatic carbocycles. The van der Waals surface area contributed by atoms with E-state index >= 15 is 0 Å². The summed E-state index contributed by atoms with van der Waals surface area (Å²) in [5.74, 6) is -2.54. The van der Waals surface area contributed by atoms with Gasteiger partial charge in [0.1, 0.15) is 5.69 Å². The molecular weight excluding hydrogens is 310 g/mol. The molecule has 2 heterocycles. The number of rotatable bonds is 1. The molecule has 2 N–H and O–H groups in total. The monoisotopic (exact) mass is 329 g/mol. The molecule has 2 amide bonds. The van der Waals surface area contributed by atoms with Crippen LogP contribution in [0.5, 0.6) is 0 Å². The van der Waals surface area contributed by atoms with Crippen LogP contribution in [-0.4, -0.2) is 62.8 Å². The second-order valence-electron chi connectivity index (χ2n) is 6.19. The summed E-state index contributed by atoms with van der Waals surface area (Å²) < 4.78 is 0. The van der Waals surface area contributed by atoms with Gasteiger partial charge in [0.2, 0.25) is 0 Å². The quantitative estimate of drug-likeness (QED) is 0.772. The van der Waals surface area contributed by atoms with Crippen LogP contribution in [0, 0.1) is 0 Å². The number of benzene rings is 1. The van der Waals surface area contributed by atoms with Gasteiger partial charge in [-0.3, -0.25) is 9.59 Å². The number of amides is 2. The molecule has 0 bridgehead atoms. The standard InChI is InChI=1S/C17H19N3O4/c1-10-9-20(16(22)17(23)24)11(2)8-19(10)15(21)14-7-12-5-3-4-6-13(12)18-14/h3-7,10-11,18H,8-9H2,1-2H3,(H,23,24)/t10-,11+/m1/s1. The molecule has 1 aromatic heterocycles. The Morgan fingerprint density at radius 1 is 1.08 bits per heavy atom. The zero-order valence-corrected chi connectivity index (χ0v) is 13.5. The topological polar surface area (TPSA) is 93.7 Å². The van der Waals surface area contributed by atoms with Crippen LogP contribution in [0.4, 0.5) is 0 Å². The van der Waals surface area contributed by atoms with E-state index in [0.29, 0.717) is 12.2 Å². The maximum absolute atomic E-state index is 12.8. The van der Waals surface area contributed by atoms with Crippen molar-refractivity contribution in [2.24, 2.45) is 0 Å². The molecule has 1 fully saturated rings. The van der Waals surface area contributed by atoms with Crippen molar-refractivity contribution >= 4 is 28.7 Å². The van der Waals surface area contributed by atoms with Crippen molar-refractivity contribution in [3.63, 3.8) is 0 Å². The van der Waals surface area contributed by atoms with Gasteiger partial charge in [0.25, 0.3) is 5.91 Å². The minimum absolute atomic E-state index is 0.145. The number of hydrogen-bond acceptors (Lipinski definition) is 3. The Morgan fingerprint density at radius 3 is 2.38 bits per heavy atom. The molecular formula is C17H19N3O4. The maximum atomic E-state index is 12.8. The fraction of sp³-hybridized carbons (Fsp3) is 0.353. The summed E-state index contributed by atoms with van der Waals surface area (Å²) in [6.45, 7) is 4.07. The zero-order valence-electron chi connectivity index (χ0n) is 13.5. The first-order valence-electron chi connectivity index (χ1n) is 7.81. The molecule has 1 saturated heterocycles. The number of piperazine rings is 1. The molecule has 1 aliphatic heterocycles. The lowest BCUT2D eigenvalue weighted by Crippen LogP contribution is -2.60. The number of carbonyl (C=O) groups is 3. The molecule has 0 radical (unpaired) electrons. The Bertz CT molecular complexity index is 780. The second kappa shape index (κ2) is 5.99. The minimum atomic E-state index is -1.47. The van der Waals surface area contributed by atoms with Gasteiger partial charge in [-0.25, -0.2) is 4.79 Å². The number of fused-ring (bicyclic) bond motifs is 1. The fourth-order valence-electron chi connectivity index (χ4n) is 3.16. The summed E-state index contributed by atoms with van der Waals surface area (Å²) >= 11 is 0. The van der Waals surface area contributed by atoms with E-state index in [9.17, 15) is 14.4 Å². The van der Waals surface area contributed by atoms with Gasteiger partial charge in [-0.15, -0.1) is 0 Å². The van der Waals surface area contributed by atoms with Gasteiger partial charge in [-0.2, -0.15) is 0 Å². The van der Waals surface area contributed by atoms with Gasteiger partial charge in [0.05, 0.1) is 0 Å². The molecule has 0 saturated carbocycles. The first-order valence-corrected chi connectivity index (χ1v) is 7.81. The van der Waals surface area contributed by atoms with Crippen LogP contribution in [0.2, 0.25) is 0 Å². The van der Waals surface area contributed by atoms with Gasteiger partial charge in [0, 0.05) is 36.1 Å². The summed E-state index contributed by atoms with van der Waals surface area (Å²) in [6, 6.07) is 8.84. The first-order chi connectivity index (χ1) is 11.4. The number of carboxylic acids is 1. The van der Waals surface area contributed by atoms with E-state index < -0.39 is 11.9 Å². The third-order valence-electron chi connectivity index (χ3n) is 4.45. The highest BCUT2D eigenvalue weighted by Gasteiger charge is 2.37. The van der Waals surface area contributed by atoms with Crippen LogP contribution >= 0.6 is 0 Å². The molecule has 0 spiro atoms. The Labute approximate surface area is 138 Å². The minimum Gasteiger partial charge on any atom is -0.474 e. The first kappa shape index (κ1) is 16.0. The van der Waals surface area contributed by atoms with Crippen LogP contribution in [0.15, 0.2) is 30.3 Å². The van der Waals surface area contributed by atoms with E-state index in [0.717, 1.165) is 10.9 Å². The van der Waals surface area contributed by atoms with Crippen molar-refractivity contribution in [3.8, 4) is 0 Å². The van der Waals surface area contributed by atoms with Crippen molar-refractivity contribution in [2.45, 2.75) is 25.9 Å². The maximum Gasteiger partial charge on any atom is 0.394 e. The molecule has 7 heteroatoms. The van der Waals surface area contributed by atoms with Gasteiger partial charge in [0.15, 0.2) is 0 Å². The van der Waals surface area contributed by atoms with E-state index in [1.165, 1.54) is 4.90 Å².